The number of nitrogens with zero attached hydrogens (tertiary/aromatic N) is 2. The lowest BCUT2D eigenvalue weighted by Crippen LogP contribution is -2.48. The first-order valence-corrected chi connectivity index (χ1v) is 8.77. The van der Waals surface area contributed by atoms with Crippen LogP contribution in [0.5, 0.6) is 0 Å². The predicted octanol–water partition coefficient (Wildman–Crippen LogP) is 1.14. The molecule has 1 fully saturated rings. The Hall–Kier alpha value is -0.820. The van der Waals surface area contributed by atoms with Gasteiger partial charge in [-0.05, 0) is 30.8 Å². The maximum absolute atomic E-state index is 11.5. The van der Waals surface area contributed by atoms with Gasteiger partial charge in [-0.3, -0.25) is 0 Å². The number of benzene rings is 1. The Kier molecular flexibility index (Phi) is 4.90. The fourth-order valence-corrected chi connectivity index (χ4v) is 3.48. The molecule has 0 unspecified atom stereocenters. The number of piperazine rings is 1. The van der Waals surface area contributed by atoms with Gasteiger partial charge in [0.2, 0.25) is 10.0 Å². The summed E-state index contributed by atoms with van der Waals surface area (Å²) in [6, 6.07) is 5.83. The first-order valence-electron chi connectivity index (χ1n) is 6.55. The van der Waals surface area contributed by atoms with E-state index in [0.717, 1.165) is 17.8 Å². The van der Waals surface area contributed by atoms with E-state index < -0.39 is 10.0 Å². The highest BCUT2D eigenvalue weighted by Gasteiger charge is 2.24. The largest absolute Gasteiger partial charge is 0.369 e. The molecule has 2 rings (SSSR count). The zero-order valence-corrected chi connectivity index (χ0v) is 13.3. The van der Waals surface area contributed by atoms with Gasteiger partial charge in [0.1, 0.15) is 0 Å². The van der Waals surface area contributed by atoms with Crippen molar-refractivity contribution in [3.8, 4) is 0 Å². The van der Waals surface area contributed by atoms with Crippen molar-refractivity contribution in [1.82, 2.24) is 9.62 Å². The standard InChI is InChI=1S/C13H20ClN3O2S/c1-15-10-11-9-12(14)3-4-13(11)16-5-7-17(8-6-16)20(2,18)19/h3-4,9,15H,5-8,10H2,1-2H3. The smallest absolute Gasteiger partial charge is 0.211 e. The molecule has 0 atom stereocenters. The molecular weight excluding hydrogens is 298 g/mol. The SMILES string of the molecule is CNCc1cc(Cl)ccc1N1CCN(S(C)(=O)=O)CC1. The van der Waals surface area contributed by atoms with Gasteiger partial charge < -0.3 is 10.2 Å². The second-order valence-electron chi connectivity index (χ2n) is 4.95. The molecule has 0 saturated carbocycles. The van der Waals surface area contributed by atoms with E-state index in [9.17, 15) is 8.42 Å². The highest BCUT2D eigenvalue weighted by molar-refractivity contribution is 7.88. The van der Waals surface area contributed by atoms with Crippen LogP contribution in [-0.2, 0) is 16.6 Å². The fourth-order valence-electron chi connectivity index (χ4n) is 2.46. The monoisotopic (exact) mass is 317 g/mol. The van der Waals surface area contributed by atoms with Crippen molar-refractivity contribution in [3.05, 3.63) is 28.8 Å². The number of rotatable bonds is 4. The highest BCUT2D eigenvalue weighted by atomic mass is 35.5. The summed E-state index contributed by atoms with van der Waals surface area (Å²) in [6.45, 7) is 3.19. The van der Waals surface area contributed by atoms with E-state index in [1.54, 1.807) is 0 Å². The number of halogens is 1. The molecular formula is C13H20ClN3O2S. The molecule has 1 aromatic rings. The lowest BCUT2D eigenvalue weighted by atomic mass is 10.1. The number of sulfonamides is 1. The van der Waals surface area contributed by atoms with Gasteiger partial charge in [0, 0.05) is 43.4 Å². The lowest BCUT2D eigenvalue weighted by Gasteiger charge is -2.35. The Morgan fingerprint density at radius 3 is 2.45 bits per heavy atom. The van der Waals surface area contributed by atoms with Crippen LogP contribution in [-0.4, -0.2) is 52.2 Å². The van der Waals surface area contributed by atoms with Crippen LogP contribution < -0.4 is 10.2 Å². The molecule has 0 amide bonds. The zero-order chi connectivity index (χ0) is 14.8. The average Bonchev–Trinajstić information content (AvgIpc) is 2.38. The third kappa shape index (κ3) is 3.63. The van der Waals surface area contributed by atoms with Gasteiger partial charge in [0.15, 0.2) is 0 Å². The average molecular weight is 318 g/mol. The van der Waals surface area contributed by atoms with Crippen LogP contribution in [0.2, 0.25) is 5.02 Å². The van der Waals surface area contributed by atoms with E-state index in [1.807, 2.05) is 25.2 Å². The second kappa shape index (κ2) is 6.30. The topological polar surface area (TPSA) is 52.6 Å². The molecule has 1 aliphatic heterocycles. The summed E-state index contributed by atoms with van der Waals surface area (Å²) in [5.41, 5.74) is 2.25. The van der Waals surface area contributed by atoms with E-state index in [0.29, 0.717) is 31.2 Å². The Morgan fingerprint density at radius 1 is 1.25 bits per heavy atom. The van der Waals surface area contributed by atoms with Crippen molar-refractivity contribution in [2.24, 2.45) is 0 Å². The molecule has 0 aromatic heterocycles. The van der Waals surface area contributed by atoms with Crippen molar-refractivity contribution < 1.29 is 8.42 Å². The van der Waals surface area contributed by atoms with Gasteiger partial charge >= 0.3 is 0 Å². The first kappa shape index (κ1) is 15.6. The number of hydrogen-bond acceptors (Lipinski definition) is 4. The maximum Gasteiger partial charge on any atom is 0.211 e. The van der Waals surface area contributed by atoms with Gasteiger partial charge in [-0.2, -0.15) is 4.31 Å². The predicted molar refractivity (Wildman–Crippen MR) is 82.8 cm³/mol. The molecule has 0 radical (unpaired) electrons. The van der Waals surface area contributed by atoms with Crippen molar-refractivity contribution in [2.75, 3.05) is 44.4 Å². The summed E-state index contributed by atoms with van der Waals surface area (Å²) >= 11 is 6.04. The Bertz CT molecular complexity index is 569. The number of anilines is 1. The van der Waals surface area contributed by atoms with Gasteiger partial charge in [-0.25, -0.2) is 8.42 Å². The maximum atomic E-state index is 11.5. The molecule has 1 heterocycles. The van der Waals surface area contributed by atoms with Crippen LogP contribution in [0.1, 0.15) is 5.56 Å². The Morgan fingerprint density at radius 2 is 1.90 bits per heavy atom. The van der Waals surface area contributed by atoms with Crippen LogP contribution in [0.4, 0.5) is 5.69 Å². The minimum absolute atomic E-state index is 0.528. The van der Waals surface area contributed by atoms with E-state index in [-0.39, 0.29) is 0 Å². The lowest BCUT2D eigenvalue weighted by molar-refractivity contribution is 0.387. The van der Waals surface area contributed by atoms with E-state index in [1.165, 1.54) is 10.6 Å². The number of hydrogen-bond donors (Lipinski definition) is 1. The van der Waals surface area contributed by atoms with Crippen LogP contribution in [0.25, 0.3) is 0 Å². The van der Waals surface area contributed by atoms with Gasteiger partial charge in [0.25, 0.3) is 0 Å². The second-order valence-corrected chi connectivity index (χ2v) is 7.37. The quantitative estimate of drug-likeness (QED) is 0.905. The van der Waals surface area contributed by atoms with Crippen molar-refractivity contribution in [3.63, 3.8) is 0 Å². The van der Waals surface area contributed by atoms with Gasteiger partial charge in [0.05, 0.1) is 6.26 Å². The van der Waals surface area contributed by atoms with Gasteiger partial charge in [-0.1, -0.05) is 11.6 Å². The fraction of sp³-hybridized carbons (Fsp3) is 0.538. The molecule has 7 heteroatoms. The first-order chi connectivity index (χ1) is 9.41. The molecule has 1 N–H and O–H groups in total. The Balaban J connectivity index is 2.14. The molecule has 1 aromatic carbocycles. The molecule has 112 valence electrons. The number of nitrogens with one attached hydrogen (secondary N) is 1. The van der Waals surface area contributed by atoms with Crippen molar-refractivity contribution in [1.29, 1.82) is 0 Å². The minimum Gasteiger partial charge on any atom is -0.369 e. The zero-order valence-electron chi connectivity index (χ0n) is 11.8. The highest BCUT2D eigenvalue weighted by Crippen LogP contribution is 2.25. The molecule has 1 aliphatic rings. The Labute approximate surface area is 125 Å². The molecule has 1 saturated heterocycles. The van der Waals surface area contributed by atoms with Crippen molar-refractivity contribution >= 4 is 27.3 Å². The van der Waals surface area contributed by atoms with E-state index in [4.69, 9.17) is 11.6 Å². The summed E-state index contributed by atoms with van der Waals surface area (Å²) < 4.78 is 24.6. The molecule has 0 bridgehead atoms. The minimum atomic E-state index is -3.09. The van der Waals surface area contributed by atoms with Crippen LogP contribution in [0.3, 0.4) is 0 Å². The van der Waals surface area contributed by atoms with E-state index >= 15 is 0 Å². The summed E-state index contributed by atoms with van der Waals surface area (Å²) in [5, 5.41) is 3.85. The van der Waals surface area contributed by atoms with Crippen LogP contribution >= 0.6 is 11.6 Å². The van der Waals surface area contributed by atoms with Crippen LogP contribution in [0, 0.1) is 0 Å². The molecule has 0 spiro atoms. The molecule has 20 heavy (non-hydrogen) atoms. The summed E-state index contributed by atoms with van der Waals surface area (Å²) in [7, 11) is -1.19. The van der Waals surface area contributed by atoms with Crippen LogP contribution in [0.15, 0.2) is 18.2 Å². The molecule has 5 nitrogen and oxygen atoms in total. The molecule has 0 aliphatic carbocycles. The normalized spacial score (nSPS) is 17.4. The summed E-state index contributed by atoms with van der Waals surface area (Å²) in [6.07, 6.45) is 1.26. The van der Waals surface area contributed by atoms with E-state index in [2.05, 4.69) is 10.2 Å². The third-order valence-corrected chi connectivity index (χ3v) is 5.00. The summed E-state index contributed by atoms with van der Waals surface area (Å²) in [4.78, 5) is 2.21. The van der Waals surface area contributed by atoms with Crippen molar-refractivity contribution in [2.45, 2.75) is 6.54 Å². The third-order valence-electron chi connectivity index (χ3n) is 3.46. The summed E-state index contributed by atoms with van der Waals surface area (Å²) in [5.74, 6) is 0. The van der Waals surface area contributed by atoms with Gasteiger partial charge in [-0.15, -0.1) is 0 Å².